The molecule has 1 aliphatic heterocycles. The molecule has 0 spiro atoms. The first-order valence-corrected chi connectivity index (χ1v) is 12.5. The zero-order valence-electron chi connectivity index (χ0n) is 20.8. The lowest BCUT2D eigenvalue weighted by Gasteiger charge is -2.17. The van der Waals surface area contributed by atoms with E-state index in [1.165, 1.54) is 27.9 Å². The van der Waals surface area contributed by atoms with E-state index >= 15 is 0 Å². The Morgan fingerprint density at radius 1 is 1.14 bits per heavy atom. The Morgan fingerprint density at radius 2 is 1.92 bits per heavy atom. The van der Waals surface area contributed by atoms with Crippen LogP contribution in [0.2, 0.25) is 0 Å². The average Bonchev–Trinajstić information content (AvgIpc) is 3.62. The molecule has 6 rings (SSSR count). The van der Waals surface area contributed by atoms with Crippen molar-refractivity contribution in [3.63, 3.8) is 0 Å². The maximum atomic E-state index is 12.9. The van der Waals surface area contributed by atoms with Gasteiger partial charge in [-0.3, -0.25) is 9.69 Å². The smallest absolute Gasteiger partial charge is 0.430 e. The molecule has 2 aromatic heterocycles. The van der Waals surface area contributed by atoms with Crippen molar-refractivity contribution >= 4 is 17.8 Å². The van der Waals surface area contributed by atoms with Gasteiger partial charge in [0.25, 0.3) is 0 Å². The van der Waals surface area contributed by atoms with E-state index in [4.69, 9.17) is 9.72 Å². The van der Waals surface area contributed by atoms with Gasteiger partial charge in [0.05, 0.1) is 19.6 Å². The lowest BCUT2D eigenvalue weighted by atomic mass is 10.0. The van der Waals surface area contributed by atoms with Gasteiger partial charge in [0.15, 0.2) is 12.0 Å². The first-order chi connectivity index (χ1) is 18.0. The van der Waals surface area contributed by atoms with Crippen LogP contribution in [0.1, 0.15) is 48.1 Å². The number of hydrogen-bond acceptors (Lipinski definition) is 6. The lowest BCUT2D eigenvalue weighted by Crippen LogP contribution is -2.50. The number of anilines is 1. The van der Waals surface area contributed by atoms with Gasteiger partial charge in [-0.2, -0.15) is 4.79 Å². The molecule has 1 amide bonds. The quantitative estimate of drug-likeness (QED) is 0.377. The van der Waals surface area contributed by atoms with E-state index in [-0.39, 0.29) is 12.5 Å². The molecule has 0 atom stereocenters. The molecular weight excluding hydrogens is 468 g/mol. The molecule has 1 saturated carbocycles. The Labute approximate surface area is 214 Å². The van der Waals surface area contributed by atoms with E-state index in [1.54, 1.807) is 24.2 Å². The molecule has 2 aliphatic rings. The number of aromatic nitrogens is 5. The van der Waals surface area contributed by atoms with Crippen molar-refractivity contribution in [1.29, 1.82) is 0 Å². The molecule has 37 heavy (non-hydrogen) atoms. The van der Waals surface area contributed by atoms with E-state index in [1.807, 2.05) is 37.3 Å². The van der Waals surface area contributed by atoms with Crippen LogP contribution < -0.4 is 9.58 Å². The van der Waals surface area contributed by atoms with Crippen molar-refractivity contribution in [3.8, 4) is 17.1 Å². The van der Waals surface area contributed by atoms with Gasteiger partial charge in [0.1, 0.15) is 11.5 Å². The number of carbonyl (C=O) groups is 2. The Hall–Kier alpha value is -4.40. The van der Waals surface area contributed by atoms with E-state index in [2.05, 4.69) is 28.3 Å². The molecule has 4 aromatic rings. The number of carbonyl (C=O) groups excluding carboxylic acids is 2. The molecule has 1 fully saturated rings. The second kappa shape index (κ2) is 9.24. The molecule has 3 heterocycles. The van der Waals surface area contributed by atoms with Crippen LogP contribution in [0.4, 0.5) is 10.6 Å². The van der Waals surface area contributed by atoms with Gasteiger partial charge in [0.2, 0.25) is 11.6 Å². The van der Waals surface area contributed by atoms with E-state index in [0.717, 1.165) is 16.7 Å². The van der Waals surface area contributed by atoms with Crippen LogP contribution in [0.3, 0.4) is 0 Å². The van der Waals surface area contributed by atoms with Crippen LogP contribution in [0.5, 0.6) is 0 Å². The third-order valence-electron chi connectivity index (χ3n) is 6.69. The summed E-state index contributed by atoms with van der Waals surface area (Å²) in [5, 5.41) is 4.42. The van der Waals surface area contributed by atoms with Gasteiger partial charge in [-0.05, 0) is 58.4 Å². The zero-order valence-corrected chi connectivity index (χ0v) is 20.8. The second-order valence-electron chi connectivity index (χ2n) is 9.43. The number of amides is 1. The summed E-state index contributed by atoms with van der Waals surface area (Å²) in [4.78, 5) is 38.0. The molecule has 0 N–H and O–H groups in total. The lowest BCUT2D eigenvalue weighted by molar-refractivity contribution is -0.667. The van der Waals surface area contributed by atoms with Gasteiger partial charge in [-0.25, -0.2) is 9.97 Å². The molecule has 9 nitrogen and oxygen atoms in total. The molecule has 0 radical (unpaired) electrons. The molecule has 0 unspecified atom stereocenters. The Kier molecular flexibility index (Phi) is 5.75. The fraction of sp³-hybridized carbons (Fsp3) is 0.286. The molecule has 0 saturated heterocycles. The van der Waals surface area contributed by atoms with Crippen molar-refractivity contribution in [3.05, 3.63) is 83.3 Å². The van der Waals surface area contributed by atoms with Crippen LogP contribution in [0.15, 0.2) is 60.9 Å². The highest BCUT2D eigenvalue weighted by Crippen LogP contribution is 2.44. The fourth-order valence-electron chi connectivity index (χ4n) is 4.75. The maximum absolute atomic E-state index is 12.9. The summed E-state index contributed by atoms with van der Waals surface area (Å²) in [7, 11) is 0. The third-order valence-corrected chi connectivity index (χ3v) is 6.69. The number of ether oxygens (including phenoxy) is 1. The second-order valence-corrected chi connectivity index (χ2v) is 9.43. The maximum Gasteiger partial charge on any atom is 0.531 e. The van der Waals surface area contributed by atoms with Crippen molar-refractivity contribution in [2.45, 2.75) is 45.6 Å². The molecular formula is C28H27N6O3+. The Bertz CT molecular complexity index is 1510. The number of benzene rings is 2. The standard InChI is InChI=1S/C28H27N6O3/c1-3-37-28(36)33-16-18(2)31-34(33)22-12-8-19(9-13-22)17-32-25(35)14-21-15-29-26(30-27(21)32)24-7-5-4-6-23(24)20-10-11-20/h4-9,12-13,15-16,20H,3,10-11,14,17H2,1-2H3/q+1. The summed E-state index contributed by atoms with van der Waals surface area (Å²) in [6, 6.07) is 15.9. The summed E-state index contributed by atoms with van der Waals surface area (Å²) in [6.07, 6.45) is 5.61. The normalized spacial score (nSPS) is 14.6. The van der Waals surface area contributed by atoms with Crippen molar-refractivity contribution in [2.24, 2.45) is 0 Å². The van der Waals surface area contributed by atoms with E-state index < -0.39 is 6.09 Å². The van der Waals surface area contributed by atoms with Crippen LogP contribution in [0, 0.1) is 6.92 Å². The largest absolute Gasteiger partial charge is 0.531 e. The number of hydrogen-bond donors (Lipinski definition) is 0. The van der Waals surface area contributed by atoms with Gasteiger partial charge in [-0.15, -0.1) is 0 Å². The minimum Gasteiger partial charge on any atom is -0.430 e. The highest BCUT2D eigenvalue weighted by molar-refractivity contribution is 6.00. The summed E-state index contributed by atoms with van der Waals surface area (Å²) < 4.78 is 6.47. The minimum absolute atomic E-state index is 0.00357. The number of fused-ring (bicyclic) bond motifs is 1. The first-order valence-electron chi connectivity index (χ1n) is 12.5. The Balaban J connectivity index is 1.27. The van der Waals surface area contributed by atoms with Crippen LogP contribution in [0.25, 0.3) is 17.1 Å². The Morgan fingerprint density at radius 3 is 2.68 bits per heavy atom. The van der Waals surface area contributed by atoms with Crippen molar-refractivity contribution < 1.29 is 19.0 Å². The van der Waals surface area contributed by atoms with E-state index in [0.29, 0.717) is 41.9 Å². The van der Waals surface area contributed by atoms with Crippen LogP contribution in [-0.4, -0.2) is 38.5 Å². The molecule has 9 heteroatoms. The molecule has 0 bridgehead atoms. The highest BCUT2D eigenvalue weighted by atomic mass is 16.6. The summed E-state index contributed by atoms with van der Waals surface area (Å²) >= 11 is 0. The molecule has 2 aromatic carbocycles. The first kappa shape index (κ1) is 23.0. The predicted octanol–water partition coefficient (Wildman–Crippen LogP) is 3.90. The number of nitrogens with zero attached hydrogens (tertiary/aromatic N) is 6. The van der Waals surface area contributed by atoms with Crippen molar-refractivity contribution in [1.82, 2.24) is 19.9 Å². The van der Waals surface area contributed by atoms with Gasteiger partial charge in [0, 0.05) is 29.3 Å². The fourth-order valence-corrected chi connectivity index (χ4v) is 4.75. The molecule has 1 aliphatic carbocycles. The van der Waals surface area contributed by atoms with E-state index in [9.17, 15) is 9.59 Å². The summed E-state index contributed by atoms with van der Waals surface area (Å²) in [5.74, 6) is 1.91. The predicted molar refractivity (Wildman–Crippen MR) is 135 cm³/mol. The van der Waals surface area contributed by atoms with Crippen LogP contribution in [-0.2, 0) is 22.5 Å². The number of aryl methyl sites for hydroxylation is 1. The van der Waals surface area contributed by atoms with Crippen molar-refractivity contribution in [2.75, 3.05) is 11.5 Å². The number of rotatable bonds is 6. The van der Waals surface area contributed by atoms with Gasteiger partial charge < -0.3 is 4.74 Å². The monoisotopic (exact) mass is 495 g/mol. The summed E-state index contributed by atoms with van der Waals surface area (Å²) in [6.45, 7) is 4.25. The van der Waals surface area contributed by atoms with Gasteiger partial charge in [-0.1, -0.05) is 36.4 Å². The minimum atomic E-state index is -0.495. The van der Waals surface area contributed by atoms with Gasteiger partial charge >= 0.3 is 6.09 Å². The highest BCUT2D eigenvalue weighted by Gasteiger charge is 2.32. The average molecular weight is 496 g/mol. The summed E-state index contributed by atoms with van der Waals surface area (Å²) in [5.41, 5.74) is 5.50. The third kappa shape index (κ3) is 4.37. The zero-order chi connectivity index (χ0) is 25.5. The molecule has 186 valence electrons. The SMILES string of the molecule is CCOC(=O)[n+]1cc(C)nn1-c1ccc(CN2C(=O)Cc3cnc(-c4ccccc4C4CC4)nc32)cc1. The van der Waals surface area contributed by atoms with Crippen LogP contribution >= 0.6 is 0 Å². The topological polar surface area (TPSA) is 94.1 Å².